The lowest BCUT2D eigenvalue weighted by atomic mass is 9.73. The molecule has 0 N–H and O–H groups in total. The Labute approximate surface area is 160 Å². The number of hydrogen-bond acceptors (Lipinski definition) is 4. The first kappa shape index (κ1) is 18.8. The molecule has 3 saturated heterocycles. The van der Waals surface area contributed by atoms with Crippen molar-refractivity contribution in [2.75, 3.05) is 40.0 Å². The summed E-state index contributed by atoms with van der Waals surface area (Å²) in [5.74, 6) is -0.190. The van der Waals surface area contributed by atoms with Crippen molar-refractivity contribution in [3.05, 3.63) is 35.6 Å². The van der Waals surface area contributed by atoms with Crippen molar-refractivity contribution >= 4 is 5.91 Å². The Balaban J connectivity index is 1.33. The van der Waals surface area contributed by atoms with Gasteiger partial charge in [-0.3, -0.25) is 9.69 Å². The minimum atomic E-state index is -0.286. The number of nitrogens with zero attached hydrogens (tertiary/aromatic N) is 2. The van der Waals surface area contributed by atoms with E-state index in [1.807, 2.05) is 18.1 Å². The minimum Gasteiger partial charge on any atom is -0.381 e. The second kappa shape index (κ2) is 7.86. The van der Waals surface area contributed by atoms with Crippen molar-refractivity contribution in [1.82, 2.24) is 9.80 Å². The van der Waals surface area contributed by atoms with Gasteiger partial charge in [0.1, 0.15) is 5.82 Å². The van der Waals surface area contributed by atoms with Gasteiger partial charge in [0, 0.05) is 46.0 Å². The maximum absolute atomic E-state index is 13.3. The van der Waals surface area contributed by atoms with E-state index in [0.29, 0.717) is 12.1 Å². The van der Waals surface area contributed by atoms with E-state index in [1.54, 1.807) is 6.07 Å². The Hall–Kier alpha value is -1.50. The fraction of sp³-hybridized carbons (Fsp3) is 0.667. The predicted octanol–water partition coefficient (Wildman–Crippen LogP) is 2.24. The van der Waals surface area contributed by atoms with Gasteiger partial charge in [0.25, 0.3) is 0 Å². The van der Waals surface area contributed by atoms with Gasteiger partial charge >= 0.3 is 0 Å². The van der Waals surface area contributed by atoms with Crippen LogP contribution in [-0.2, 0) is 20.7 Å². The lowest BCUT2D eigenvalue weighted by Gasteiger charge is -2.63. The number of rotatable bonds is 4. The summed E-state index contributed by atoms with van der Waals surface area (Å²) >= 11 is 0. The van der Waals surface area contributed by atoms with Crippen molar-refractivity contribution in [1.29, 1.82) is 0 Å². The molecule has 148 valence electrons. The highest BCUT2D eigenvalue weighted by atomic mass is 19.1. The van der Waals surface area contributed by atoms with Crippen LogP contribution in [0.5, 0.6) is 0 Å². The molecule has 3 aliphatic heterocycles. The Morgan fingerprint density at radius 1 is 1.30 bits per heavy atom. The molecule has 1 unspecified atom stereocenters. The van der Waals surface area contributed by atoms with Crippen LogP contribution in [-0.4, -0.2) is 73.3 Å². The van der Waals surface area contributed by atoms with E-state index in [-0.39, 0.29) is 23.7 Å². The van der Waals surface area contributed by atoms with Gasteiger partial charge in [-0.05, 0) is 43.4 Å². The average Bonchev–Trinajstić information content (AvgIpc) is 2.68. The van der Waals surface area contributed by atoms with Crippen LogP contribution in [0.3, 0.4) is 0 Å². The highest BCUT2D eigenvalue weighted by Gasteiger charge is 2.56. The molecule has 0 bridgehead atoms. The molecule has 1 amide bonds. The second-order valence-corrected chi connectivity index (χ2v) is 8.01. The summed E-state index contributed by atoms with van der Waals surface area (Å²) in [6.07, 6.45) is 4.63. The normalized spacial score (nSPS) is 26.1. The largest absolute Gasteiger partial charge is 0.381 e. The van der Waals surface area contributed by atoms with Crippen LogP contribution in [0.1, 0.15) is 31.2 Å². The molecule has 1 aromatic rings. The maximum Gasteiger partial charge on any atom is 0.226 e. The first-order valence-corrected chi connectivity index (χ1v) is 10.0. The van der Waals surface area contributed by atoms with E-state index in [1.165, 1.54) is 12.1 Å². The van der Waals surface area contributed by atoms with Crippen LogP contribution < -0.4 is 0 Å². The van der Waals surface area contributed by atoms with E-state index in [9.17, 15) is 9.18 Å². The van der Waals surface area contributed by atoms with E-state index < -0.39 is 0 Å². The number of carbonyl (C=O) groups is 1. The zero-order valence-corrected chi connectivity index (χ0v) is 16.0. The monoisotopic (exact) mass is 376 g/mol. The zero-order valence-electron chi connectivity index (χ0n) is 16.0. The number of carbonyl (C=O) groups excluding carboxylic acids is 1. The van der Waals surface area contributed by atoms with Gasteiger partial charge in [-0.1, -0.05) is 12.1 Å². The summed E-state index contributed by atoms with van der Waals surface area (Å²) in [5.41, 5.74) is 0.875. The number of amides is 1. The lowest BCUT2D eigenvalue weighted by molar-refractivity contribution is -0.208. The maximum atomic E-state index is 13.3. The number of ether oxygens (including phenoxy) is 2. The summed E-state index contributed by atoms with van der Waals surface area (Å²) in [5, 5.41) is 0. The van der Waals surface area contributed by atoms with E-state index in [0.717, 1.165) is 64.1 Å². The Morgan fingerprint density at radius 2 is 2.04 bits per heavy atom. The smallest absolute Gasteiger partial charge is 0.226 e. The van der Waals surface area contributed by atoms with Gasteiger partial charge < -0.3 is 14.4 Å². The fourth-order valence-electron chi connectivity index (χ4n) is 5.10. The van der Waals surface area contributed by atoms with E-state index in [4.69, 9.17) is 9.47 Å². The van der Waals surface area contributed by atoms with Gasteiger partial charge in [0.2, 0.25) is 5.91 Å². The molecule has 0 saturated carbocycles. The third kappa shape index (κ3) is 3.62. The minimum absolute atomic E-state index is 0.0956. The number of likely N-dealkylation sites (tertiary alicyclic amines) is 2. The summed E-state index contributed by atoms with van der Waals surface area (Å²) < 4.78 is 24.7. The standard InChI is InChI=1S/C21H29FN2O3/c1-26-19-15-24(21(19)7-11-27-12-8-21)18-5-9-23(10-6-18)20(25)14-16-3-2-4-17(22)13-16/h2-4,13,18-19H,5-12,14-15H2,1H3. The van der Waals surface area contributed by atoms with E-state index in [2.05, 4.69) is 4.90 Å². The van der Waals surface area contributed by atoms with E-state index >= 15 is 0 Å². The zero-order chi connectivity index (χ0) is 18.9. The van der Waals surface area contributed by atoms with Crippen molar-refractivity contribution in [3.63, 3.8) is 0 Å². The Bertz CT molecular complexity index is 669. The first-order chi connectivity index (χ1) is 13.1. The lowest BCUT2D eigenvalue weighted by Crippen LogP contribution is -2.75. The third-order valence-electron chi connectivity index (χ3n) is 6.68. The molecule has 4 rings (SSSR count). The quantitative estimate of drug-likeness (QED) is 0.808. The molecule has 0 aliphatic carbocycles. The first-order valence-electron chi connectivity index (χ1n) is 10.0. The molecular formula is C21H29FN2O3. The molecule has 1 atom stereocenters. The van der Waals surface area contributed by atoms with Gasteiger partial charge in [0.15, 0.2) is 0 Å². The molecule has 6 heteroatoms. The second-order valence-electron chi connectivity index (χ2n) is 8.01. The molecule has 3 fully saturated rings. The van der Waals surface area contributed by atoms with Crippen LogP contribution >= 0.6 is 0 Å². The van der Waals surface area contributed by atoms with Crippen molar-refractivity contribution < 1.29 is 18.7 Å². The van der Waals surface area contributed by atoms with Gasteiger partial charge in [-0.15, -0.1) is 0 Å². The molecule has 5 nitrogen and oxygen atoms in total. The fourth-order valence-corrected chi connectivity index (χ4v) is 5.10. The summed E-state index contributed by atoms with van der Waals surface area (Å²) in [4.78, 5) is 17.1. The van der Waals surface area contributed by atoms with Crippen LogP contribution in [0, 0.1) is 5.82 Å². The highest BCUT2D eigenvalue weighted by molar-refractivity contribution is 5.78. The Kier molecular flexibility index (Phi) is 5.48. The summed E-state index contributed by atoms with van der Waals surface area (Å²) in [6.45, 7) is 4.15. The third-order valence-corrected chi connectivity index (χ3v) is 6.68. The molecular weight excluding hydrogens is 347 g/mol. The highest BCUT2D eigenvalue weighted by Crippen LogP contribution is 2.44. The average molecular weight is 376 g/mol. The molecule has 3 heterocycles. The van der Waals surface area contributed by atoms with Crippen LogP contribution in [0.15, 0.2) is 24.3 Å². The number of benzene rings is 1. The Morgan fingerprint density at radius 3 is 2.70 bits per heavy atom. The van der Waals surface area contributed by atoms with Crippen LogP contribution in [0.4, 0.5) is 4.39 Å². The number of hydrogen-bond donors (Lipinski definition) is 0. The predicted molar refractivity (Wildman–Crippen MR) is 100.0 cm³/mol. The SMILES string of the molecule is COC1CN(C2CCN(C(=O)Cc3cccc(F)c3)CC2)C12CCOCC2. The number of halogens is 1. The van der Waals surface area contributed by atoms with Crippen LogP contribution in [0.25, 0.3) is 0 Å². The molecule has 0 radical (unpaired) electrons. The number of methoxy groups -OCH3 is 1. The molecule has 1 spiro atoms. The molecule has 1 aromatic carbocycles. The van der Waals surface area contributed by atoms with Crippen LogP contribution in [0.2, 0.25) is 0 Å². The van der Waals surface area contributed by atoms with Crippen molar-refractivity contribution in [3.8, 4) is 0 Å². The summed E-state index contributed by atoms with van der Waals surface area (Å²) in [6, 6.07) is 6.84. The molecule has 3 aliphatic rings. The molecule has 27 heavy (non-hydrogen) atoms. The van der Waals surface area contributed by atoms with Gasteiger partial charge in [0.05, 0.1) is 18.1 Å². The summed E-state index contributed by atoms with van der Waals surface area (Å²) in [7, 11) is 1.81. The molecule has 0 aromatic heterocycles. The number of piperidine rings is 1. The van der Waals surface area contributed by atoms with Gasteiger partial charge in [-0.2, -0.15) is 0 Å². The topological polar surface area (TPSA) is 42.0 Å². The van der Waals surface area contributed by atoms with Crippen molar-refractivity contribution in [2.24, 2.45) is 0 Å². The van der Waals surface area contributed by atoms with Crippen molar-refractivity contribution in [2.45, 2.75) is 49.8 Å². The van der Waals surface area contributed by atoms with Gasteiger partial charge in [-0.25, -0.2) is 4.39 Å².